The lowest BCUT2D eigenvalue weighted by Gasteiger charge is -2.44. The summed E-state index contributed by atoms with van der Waals surface area (Å²) >= 11 is 0. The van der Waals surface area contributed by atoms with Crippen LogP contribution in [0.25, 0.3) is 0 Å². The molecule has 2 fully saturated rings. The Morgan fingerprint density at radius 2 is 1.82 bits per heavy atom. The number of amides is 1. The maximum Gasteiger partial charge on any atom is 0.249 e. The molecular weight excluding hydrogens is 454 g/mol. The minimum atomic E-state index is -3.50. The number of hydrogen-bond acceptors (Lipinski definition) is 7. The van der Waals surface area contributed by atoms with Crippen LogP contribution >= 0.6 is 0 Å². The van der Waals surface area contributed by atoms with E-state index in [1.54, 1.807) is 34.5 Å². The van der Waals surface area contributed by atoms with E-state index < -0.39 is 10.0 Å². The van der Waals surface area contributed by atoms with Crippen molar-refractivity contribution in [2.24, 2.45) is 0 Å². The summed E-state index contributed by atoms with van der Waals surface area (Å²) in [5.74, 6) is 1.40. The van der Waals surface area contributed by atoms with Crippen LogP contribution in [0, 0.1) is 0 Å². The molecule has 182 valence electrons. The topological polar surface area (TPSA) is 95.1 Å². The average Bonchev–Trinajstić information content (AvgIpc) is 3.40. The first-order valence-electron chi connectivity index (χ1n) is 11.9. The molecule has 0 radical (unpaired) electrons. The highest BCUT2D eigenvalue weighted by molar-refractivity contribution is 7.89. The number of ether oxygens (including phenoxy) is 1. The van der Waals surface area contributed by atoms with Crippen LogP contribution in [0.4, 0.5) is 23.0 Å². The number of fused-ring (bicyclic) bond motifs is 1. The van der Waals surface area contributed by atoms with Crippen molar-refractivity contribution in [2.75, 3.05) is 48.5 Å². The van der Waals surface area contributed by atoms with Crippen molar-refractivity contribution in [3.8, 4) is 0 Å². The highest BCUT2D eigenvalue weighted by atomic mass is 32.2. The minimum absolute atomic E-state index is 0.0429. The lowest BCUT2D eigenvalue weighted by molar-refractivity contribution is -0.119. The second-order valence-corrected chi connectivity index (χ2v) is 11.1. The molecule has 34 heavy (non-hydrogen) atoms. The quantitative estimate of drug-likeness (QED) is 0.696. The third-order valence-corrected chi connectivity index (χ3v) is 8.85. The molecule has 1 N–H and O–H groups in total. The molecule has 4 heterocycles. The van der Waals surface area contributed by atoms with E-state index in [0.29, 0.717) is 37.8 Å². The van der Waals surface area contributed by atoms with Gasteiger partial charge in [0, 0.05) is 45.1 Å². The van der Waals surface area contributed by atoms with Crippen LogP contribution in [0.2, 0.25) is 0 Å². The van der Waals surface area contributed by atoms with Gasteiger partial charge >= 0.3 is 0 Å². The standard InChI is InChI=1S/C24H31N5O4S/c1-17-24(30)27(2)21-8-9-22(26-23(21)29(17)19-10-14-33-15-11-19)25-18-6-5-7-20(16-18)34(31,32)28-12-3-4-13-28/h5-9,16-17,19H,3-4,10-15H2,1-2H3,(H,25,26)/t17-/m1/s1. The molecule has 1 aromatic heterocycles. The van der Waals surface area contributed by atoms with Crippen LogP contribution in [0.3, 0.4) is 0 Å². The van der Waals surface area contributed by atoms with Crippen molar-refractivity contribution in [3.63, 3.8) is 0 Å². The summed E-state index contributed by atoms with van der Waals surface area (Å²) in [5.41, 5.74) is 1.42. The van der Waals surface area contributed by atoms with Gasteiger partial charge in [0.2, 0.25) is 15.9 Å². The van der Waals surface area contributed by atoms with Gasteiger partial charge in [-0.15, -0.1) is 0 Å². The van der Waals surface area contributed by atoms with E-state index in [1.165, 1.54) is 0 Å². The Bertz CT molecular complexity index is 1180. The predicted octanol–water partition coefficient (Wildman–Crippen LogP) is 2.96. The molecule has 5 rings (SSSR count). The van der Waals surface area contributed by atoms with Crippen molar-refractivity contribution in [1.82, 2.24) is 9.29 Å². The Morgan fingerprint density at radius 1 is 1.09 bits per heavy atom. The second kappa shape index (κ2) is 9.16. The summed E-state index contributed by atoms with van der Waals surface area (Å²) in [6, 6.07) is 10.4. The molecule has 1 atom stereocenters. The van der Waals surface area contributed by atoms with Crippen molar-refractivity contribution in [1.29, 1.82) is 0 Å². The van der Waals surface area contributed by atoms with Crippen LogP contribution in [-0.4, -0.2) is 69.0 Å². The van der Waals surface area contributed by atoms with Crippen LogP contribution in [-0.2, 0) is 19.6 Å². The summed E-state index contributed by atoms with van der Waals surface area (Å²) < 4.78 is 33.0. The fourth-order valence-corrected chi connectivity index (χ4v) is 6.64. The van der Waals surface area contributed by atoms with Gasteiger partial charge in [-0.25, -0.2) is 13.4 Å². The smallest absolute Gasteiger partial charge is 0.249 e. The van der Waals surface area contributed by atoms with Gasteiger partial charge in [0.15, 0.2) is 5.82 Å². The molecule has 2 aromatic rings. The molecule has 2 saturated heterocycles. The number of aromatic nitrogens is 1. The SMILES string of the molecule is C[C@@H]1C(=O)N(C)c2ccc(Nc3cccc(S(=O)(=O)N4CCCC4)c3)nc2N1C1CCOCC1. The second-order valence-electron chi connectivity index (χ2n) is 9.13. The highest BCUT2D eigenvalue weighted by Crippen LogP contribution is 2.38. The van der Waals surface area contributed by atoms with E-state index in [9.17, 15) is 13.2 Å². The van der Waals surface area contributed by atoms with Crippen LogP contribution in [0.5, 0.6) is 0 Å². The van der Waals surface area contributed by atoms with E-state index >= 15 is 0 Å². The maximum absolute atomic E-state index is 13.0. The summed E-state index contributed by atoms with van der Waals surface area (Å²) in [7, 11) is -1.72. The highest BCUT2D eigenvalue weighted by Gasteiger charge is 2.39. The van der Waals surface area contributed by atoms with E-state index in [-0.39, 0.29) is 22.9 Å². The summed E-state index contributed by atoms with van der Waals surface area (Å²) in [6.07, 6.45) is 3.48. The van der Waals surface area contributed by atoms with Gasteiger partial charge in [0.25, 0.3) is 0 Å². The predicted molar refractivity (Wildman–Crippen MR) is 131 cm³/mol. The fraction of sp³-hybridized carbons (Fsp3) is 0.500. The van der Waals surface area contributed by atoms with Crippen molar-refractivity contribution in [2.45, 2.75) is 49.6 Å². The lowest BCUT2D eigenvalue weighted by Crippen LogP contribution is -2.56. The monoisotopic (exact) mass is 485 g/mol. The third kappa shape index (κ3) is 4.14. The fourth-order valence-electron chi connectivity index (χ4n) is 5.08. The molecule has 3 aliphatic heterocycles. The zero-order valence-electron chi connectivity index (χ0n) is 19.6. The number of rotatable bonds is 5. The summed E-state index contributed by atoms with van der Waals surface area (Å²) in [6.45, 7) is 4.40. The van der Waals surface area contributed by atoms with E-state index in [4.69, 9.17) is 9.72 Å². The van der Waals surface area contributed by atoms with Crippen LogP contribution in [0.1, 0.15) is 32.6 Å². The van der Waals surface area contributed by atoms with Gasteiger partial charge in [-0.3, -0.25) is 4.79 Å². The largest absolute Gasteiger partial charge is 0.381 e. The first-order valence-corrected chi connectivity index (χ1v) is 13.3. The Balaban J connectivity index is 1.45. The third-order valence-electron chi connectivity index (χ3n) is 6.96. The number of pyridine rings is 1. The van der Waals surface area contributed by atoms with Crippen molar-refractivity contribution >= 4 is 38.9 Å². The molecule has 10 heteroatoms. The van der Waals surface area contributed by atoms with E-state index in [1.807, 2.05) is 25.1 Å². The first kappa shape index (κ1) is 23.1. The van der Waals surface area contributed by atoms with Gasteiger partial charge in [-0.1, -0.05) is 6.07 Å². The molecular formula is C24H31N5O4S. The Hall–Kier alpha value is -2.69. The number of nitrogens with zero attached hydrogens (tertiary/aromatic N) is 4. The molecule has 0 unspecified atom stereocenters. The molecule has 3 aliphatic rings. The maximum atomic E-state index is 13.0. The van der Waals surface area contributed by atoms with Crippen LogP contribution < -0.4 is 15.1 Å². The van der Waals surface area contributed by atoms with E-state index in [0.717, 1.165) is 37.2 Å². The summed E-state index contributed by atoms with van der Waals surface area (Å²) in [4.78, 5) is 21.9. The molecule has 1 amide bonds. The van der Waals surface area contributed by atoms with Crippen molar-refractivity contribution < 1.29 is 17.9 Å². The molecule has 9 nitrogen and oxygen atoms in total. The van der Waals surface area contributed by atoms with Gasteiger partial charge in [0.1, 0.15) is 11.9 Å². The van der Waals surface area contributed by atoms with Gasteiger partial charge in [0.05, 0.1) is 10.6 Å². The first-order chi connectivity index (χ1) is 16.4. The average molecular weight is 486 g/mol. The van der Waals surface area contributed by atoms with Gasteiger partial charge in [-0.2, -0.15) is 4.31 Å². The molecule has 0 bridgehead atoms. The number of anilines is 4. The van der Waals surface area contributed by atoms with Crippen LogP contribution in [0.15, 0.2) is 41.3 Å². The zero-order chi connectivity index (χ0) is 23.9. The number of hydrogen-bond donors (Lipinski definition) is 1. The normalized spacial score (nSPS) is 22.2. The number of benzene rings is 1. The Kier molecular flexibility index (Phi) is 6.22. The summed E-state index contributed by atoms with van der Waals surface area (Å²) in [5, 5.41) is 3.27. The molecule has 0 saturated carbocycles. The number of likely N-dealkylation sites (N-methyl/N-ethyl adjacent to an activating group) is 1. The zero-order valence-corrected chi connectivity index (χ0v) is 20.4. The molecule has 1 aromatic carbocycles. The number of nitrogens with one attached hydrogen (secondary N) is 1. The Labute approximate surface area is 200 Å². The van der Waals surface area contributed by atoms with Crippen molar-refractivity contribution in [3.05, 3.63) is 36.4 Å². The number of carbonyl (C=O) groups is 1. The Morgan fingerprint density at radius 3 is 2.56 bits per heavy atom. The van der Waals surface area contributed by atoms with E-state index in [2.05, 4.69) is 10.2 Å². The number of carbonyl (C=O) groups excluding carboxylic acids is 1. The van der Waals surface area contributed by atoms with Gasteiger partial charge in [-0.05, 0) is 62.9 Å². The number of sulfonamides is 1. The van der Waals surface area contributed by atoms with Gasteiger partial charge < -0.3 is 19.9 Å². The molecule has 0 aliphatic carbocycles. The molecule has 0 spiro atoms. The lowest BCUT2D eigenvalue weighted by atomic mass is 10.0. The minimum Gasteiger partial charge on any atom is -0.381 e.